The van der Waals surface area contributed by atoms with E-state index in [0.717, 1.165) is 23.3 Å². The Balaban J connectivity index is 1.32. The summed E-state index contributed by atoms with van der Waals surface area (Å²) in [5, 5.41) is 9.78. The van der Waals surface area contributed by atoms with Crippen LogP contribution in [0.3, 0.4) is 0 Å². The van der Waals surface area contributed by atoms with E-state index in [-0.39, 0.29) is 12.6 Å². The molecule has 2 amide bonds. The lowest BCUT2D eigenvalue weighted by molar-refractivity contribution is 0.252. The fraction of sp³-hybridized carbons (Fsp3) is 0.300. The van der Waals surface area contributed by atoms with Gasteiger partial charge < -0.3 is 10.6 Å². The van der Waals surface area contributed by atoms with Gasteiger partial charge in [-0.1, -0.05) is 12.1 Å². The van der Waals surface area contributed by atoms with Crippen molar-refractivity contribution in [3.05, 3.63) is 65.3 Å². The van der Waals surface area contributed by atoms with Gasteiger partial charge in [0.15, 0.2) is 0 Å². The standard InChI is InChI=1S/C20H23N5O3S2/c26-20(23-17-6-3-5-16(13-17)15-24-10-4-9-22-24)21-14-18-7-8-19(29-18)30(27,28)25-11-1-2-12-25/h3-10,13H,1-2,11-12,14-15H2,(H2,21,23,26). The highest BCUT2D eigenvalue weighted by Crippen LogP contribution is 2.27. The molecule has 1 fully saturated rings. The number of sulfonamides is 1. The number of nitrogens with one attached hydrogen (secondary N) is 2. The van der Waals surface area contributed by atoms with Crippen LogP contribution in [0.4, 0.5) is 10.5 Å². The SMILES string of the molecule is O=C(NCc1ccc(S(=O)(=O)N2CCCC2)s1)Nc1cccc(Cn2cccn2)c1. The summed E-state index contributed by atoms with van der Waals surface area (Å²) in [5.41, 5.74) is 1.70. The molecule has 8 nitrogen and oxygen atoms in total. The van der Waals surface area contributed by atoms with Crippen LogP contribution in [0.5, 0.6) is 0 Å². The molecule has 0 bridgehead atoms. The normalized spacial score (nSPS) is 14.7. The highest BCUT2D eigenvalue weighted by atomic mass is 32.2. The van der Waals surface area contributed by atoms with Crippen LogP contribution in [0.1, 0.15) is 23.3 Å². The van der Waals surface area contributed by atoms with E-state index in [1.54, 1.807) is 18.3 Å². The predicted molar refractivity (Wildman–Crippen MR) is 116 cm³/mol. The van der Waals surface area contributed by atoms with Crippen LogP contribution >= 0.6 is 11.3 Å². The third kappa shape index (κ3) is 4.89. The molecule has 1 aliphatic heterocycles. The second-order valence-electron chi connectivity index (χ2n) is 7.04. The highest BCUT2D eigenvalue weighted by Gasteiger charge is 2.28. The van der Waals surface area contributed by atoms with Crippen molar-refractivity contribution in [3.8, 4) is 0 Å². The Hall–Kier alpha value is -2.69. The minimum absolute atomic E-state index is 0.263. The first-order valence-electron chi connectivity index (χ1n) is 9.71. The van der Waals surface area contributed by atoms with Crippen LogP contribution in [-0.2, 0) is 23.1 Å². The summed E-state index contributed by atoms with van der Waals surface area (Å²) in [4.78, 5) is 13.1. The smallest absolute Gasteiger partial charge is 0.319 e. The number of urea groups is 1. The van der Waals surface area contributed by atoms with Gasteiger partial charge in [-0.25, -0.2) is 13.2 Å². The van der Waals surface area contributed by atoms with E-state index in [1.807, 2.05) is 41.2 Å². The van der Waals surface area contributed by atoms with Gasteiger partial charge in [-0.3, -0.25) is 4.68 Å². The molecule has 3 aromatic rings. The van der Waals surface area contributed by atoms with Crippen LogP contribution < -0.4 is 10.6 Å². The first-order chi connectivity index (χ1) is 14.5. The lowest BCUT2D eigenvalue weighted by Crippen LogP contribution is -2.28. The zero-order valence-corrected chi connectivity index (χ0v) is 18.0. The van der Waals surface area contributed by atoms with E-state index in [2.05, 4.69) is 15.7 Å². The fourth-order valence-corrected chi connectivity index (χ4v) is 6.29. The highest BCUT2D eigenvalue weighted by molar-refractivity contribution is 7.91. The summed E-state index contributed by atoms with van der Waals surface area (Å²) in [7, 11) is -3.41. The Morgan fingerprint density at radius 1 is 1.13 bits per heavy atom. The van der Waals surface area contributed by atoms with Crippen molar-refractivity contribution in [2.45, 2.75) is 30.1 Å². The number of carbonyl (C=O) groups is 1. The molecule has 4 rings (SSSR count). The molecule has 0 atom stereocenters. The molecule has 0 saturated carbocycles. The lowest BCUT2D eigenvalue weighted by Gasteiger charge is -2.13. The third-order valence-corrected chi connectivity index (χ3v) is 8.26. The molecule has 2 N–H and O–H groups in total. The van der Waals surface area contributed by atoms with Crippen molar-refractivity contribution in [2.24, 2.45) is 0 Å². The van der Waals surface area contributed by atoms with Crippen molar-refractivity contribution in [1.82, 2.24) is 19.4 Å². The molecule has 1 saturated heterocycles. The monoisotopic (exact) mass is 445 g/mol. The van der Waals surface area contributed by atoms with Gasteiger partial charge in [0.1, 0.15) is 4.21 Å². The van der Waals surface area contributed by atoms with Gasteiger partial charge in [0.25, 0.3) is 10.0 Å². The number of thiophene rings is 1. The molecule has 0 radical (unpaired) electrons. The minimum atomic E-state index is -3.41. The minimum Gasteiger partial charge on any atom is -0.333 e. The number of hydrogen-bond acceptors (Lipinski definition) is 5. The zero-order valence-electron chi connectivity index (χ0n) is 16.3. The summed E-state index contributed by atoms with van der Waals surface area (Å²) in [6, 6.07) is 12.4. The summed E-state index contributed by atoms with van der Waals surface area (Å²) < 4.78 is 28.9. The summed E-state index contributed by atoms with van der Waals surface area (Å²) in [5.74, 6) is 0. The molecule has 3 heterocycles. The summed E-state index contributed by atoms with van der Waals surface area (Å²) in [6.07, 6.45) is 5.42. The molecule has 1 aliphatic rings. The van der Waals surface area contributed by atoms with Gasteiger partial charge >= 0.3 is 6.03 Å². The third-order valence-electron chi connectivity index (χ3n) is 4.81. The number of anilines is 1. The van der Waals surface area contributed by atoms with Crippen molar-refractivity contribution < 1.29 is 13.2 Å². The van der Waals surface area contributed by atoms with Crippen molar-refractivity contribution in [2.75, 3.05) is 18.4 Å². The molecule has 30 heavy (non-hydrogen) atoms. The number of rotatable bonds is 7. The molecule has 1 aromatic carbocycles. The summed E-state index contributed by atoms with van der Waals surface area (Å²) >= 11 is 1.20. The van der Waals surface area contributed by atoms with Crippen LogP contribution in [-0.4, -0.2) is 41.6 Å². The van der Waals surface area contributed by atoms with Gasteiger partial charge in [0.05, 0.1) is 13.1 Å². The van der Waals surface area contributed by atoms with Gasteiger partial charge in [-0.15, -0.1) is 11.3 Å². The molecular formula is C20H23N5O3S2. The maximum atomic E-state index is 12.6. The number of nitrogens with zero attached hydrogens (tertiary/aromatic N) is 3. The average Bonchev–Trinajstić information content (AvgIpc) is 3.49. The lowest BCUT2D eigenvalue weighted by atomic mass is 10.2. The quantitative estimate of drug-likeness (QED) is 0.584. The first kappa shape index (κ1) is 20.6. The Morgan fingerprint density at radius 3 is 2.73 bits per heavy atom. The van der Waals surface area contributed by atoms with Crippen LogP contribution in [0, 0.1) is 0 Å². The second-order valence-corrected chi connectivity index (χ2v) is 10.4. The van der Waals surface area contributed by atoms with Gasteiger partial charge in [0.2, 0.25) is 0 Å². The maximum Gasteiger partial charge on any atom is 0.319 e. The van der Waals surface area contributed by atoms with Gasteiger partial charge in [0, 0.05) is 36.0 Å². The molecule has 158 valence electrons. The average molecular weight is 446 g/mol. The van der Waals surface area contributed by atoms with E-state index >= 15 is 0 Å². The maximum absolute atomic E-state index is 12.6. The van der Waals surface area contributed by atoms with Crippen LogP contribution in [0.25, 0.3) is 0 Å². The van der Waals surface area contributed by atoms with Crippen LogP contribution in [0.2, 0.25) is 0 Å². The van der Waals surface area contributed by atoms with E-state index in [0.29, 0.717) is 29.5 Å². The summed E-state index contributed by atoms with van der Waals surface area (Å²) in [6.45, 7) is 2.04. The van der Waals surface area contributed by atoms with E-state index < -0.39 is 10.0 Å². The van der Waals surface area contributed by atoms with Gasteiger partial charge in [-0.05, 0) is 48.7 Å². The number of amides is 2. The fourth-order valence-electron chi connectivity index (χ4n) is 3.32. The largest absolute Gasteiger partial charge is 0.333 e. The first-order valence-corrected chi connectivity index (χ1v) is 12.0. The molecular weight excluding hydrogens is 422 g/mol. The van der Waals surface area contributed by atoms with Gasteiger partial charge in [-0.2, -0.15) is 9.40 Å². The Labute approximate surface area is 179 Å². The topological polar surface area (TPSA) is 96.3 Å². The number of carbonyl (C=O) groups excluding carboxylic acids is 1. The van der Waals surface area contributed by atoms with Crippen LogP contribution in [0.15, 0.2) is 59.1 Å². The Morgan fingerprint density at radius 2 is 1.97 bits per heavy atom. The van der Waals surface area contributed by atoms with E-state index in [4.69, 9.17) is 0 Å². The molecule has 0 spiro atoms. The molecule has 2 aromatic heterocycles. The van der Waals surface area contributed by atoms with Crippen molar-refractivity contribution in [1.29, 1.82) is 0 Å². The van der Waals surface area contributed by atoms with Crippen molar-refractivity contribution in [3.63, 3.8) is 0 Å². The zero-order chi connectivity index (χ0) is 21.0. The number of hydrogen-bond donors (Lipinski definition) is 2. The molecule has 10 heteroatoms. The number of aromatic nitrogens is 2. The Bertz CT molecular complexity index is 1100. The van der Waals surface area contributed by atoms with E-state index in [9.17, 15) is 13.2 Å². The van der Waals surface area contributed by atoms with E-state index in [1.165, 1.54) is 15.6 Å². The second kappa shape index (κ2) is 8.99. The number of benzene rings is 1. The molecule has 0 aliphatic carbocycles. The van der Waals surface area contributed by atoms with Crippen molar-refractivity contribution >= 4 is 33.1 Å². The predicted octanol–water partition coefficient (Wildman–Crippen LogP) is 3.10. The Kier molecular flexibility index (Phi) is 6.16. The molecule has 0 unspecified atom stereocenters.